The van der Waals surface area contributed by atoms with E-state index in [0.717, 1.165) is 30.5 Å². The maximum Gasteiger partial charge on any atom is 0.253 e. The Bertz CT molecular complexity index is 1140. The van der Waals surface area contributed by atoms with Crippen molar-refractivity contribution >= 4 is 33.9 Å². The van der Waals surface area contributed by atoms with Gasteiger partial charge in [0.15, 0.2) is 16.6 Å². The number of hydrogen-bond acceptors (Lipinski definition) is 5. The minimum absolute atomic E-state index is 0.0921. The summed E-state index contributed by atoms with van der Waals surface area (Å²) in [6.07, 6.45) is 2.11. The van der Waals surface area contributed by atoms with Crippen LogP contribution in [0.15, 0.2) is 53.3 Å². The standard InChI is InChI=1S/C24H27N3O4S/c1-29-21-12-16-11-17(23(28)26-20(16)13-22(21)30-2)14-27(15-19-9-6-10-31-19)24(32)25-18-7-4-3-5-8-18/h3-5,7-8,11-13,19H,6,9-10,14-15H2,1-2H3,(H,25,32)(H,26,28)/t19-/m0/s1. The van der Waals surface area contributed by atoms with Crippen LogP contribution in [0.3, 0.4) is 0 Å². The first-order valence-corrected chi connectivity index (χ1v) is 11.0. The van der Waals surface area contributed by atoms with Crippen LogP contribution in [0.5, 0.6) is 11.5 Å². The van der Waals surface area contributed by atoms with Gasteiger partial charge < -0.3 is 29.4 Å². The van der Waals surface area contributed by atoms with Crippen LogP contribution in [0.25, 0.3) is 10.9 Å². The zero-order valence-electron chi connectivity index (χ0n) is 18.2. The fraction of sp³-hybridized carbons (Fsp3) is 0.333. The topological polar surface area (TPSA) is 75.8 Å². The molecule has 0 spiro atoms. The van der Waals surface area contributed by atoms with Crippen LogP contribution in [0.1, 0.15) is 18.4 Å². The lowest BCUT2D eigenvalue weighted by Crippen LogP contribution is -2.40. The normalized spacial score (nSPS) is 15.5. The Kier molecular flexibility index (Phi) is 6.92. The predicted molar refractivity (Wildman–Crippen MR) is 130 cm³/mol. The quantitative estimate of drug-likeness (QED) is 0.525. The van der Waals surface area contributed by atoms with Crippen LogP contribution in [0.4, 0.5) is 5.69 Å². The van der Waals surface area contributed by atoms with Gasteiger partial charge in [0.2, 0.25) is 0 Å². The van der Waals surface area contributed by atoms with E-state index in [1.165, 1.54) is 0 Å². The fourth-order valence-corrected chi connectivity index (χ4v) is 4.14. The van der Waals surface area contributed by atoms with Crippen molar-refractivity contribution in [2.75, 3.05) is 32.7 Å². The van der Waals surface area contributed by atoms with Crippen molar-refractivity contribution in [2.24, 2.45) is 0 Å². The molecular weight excluding hydrogens is 426 g/mol. The Morgan fingerprint density at radius 1 is 1.19 bits per heavy atom. The third-order valence-corrected chi connectivity index (χ3v) is 5.91. The van der Waals surface area contributed by atoms with Crippen molar-refractivity contribution in [1.82, 2.24) is 9.88 Å². The molecule has 0 saturated carbocycles. The highest BCUT2D eigenvalue weighted by molar-refractivity contribution is 7.80. The average Bonchev–Trinajstić information content (AvgIpc) is 3.32. The zero-order chi connectivity index (χ0) is 22.5. The number of pyridine rings is 1. The van der Waals surface area contributed by atoms with Gasteiger partial charge in [0.25, 0.3) is 5.56 Å². The number of aromatic nitrogens is 1. The lowest BCUT2D eigenvalue weighted by atomic mass is 10.1. The molecule has 2 aromatic carbocycles. The molecule has 1 aliphatic rings. The molecule has 32 heavy (non-hydrogen) atoms. The highest BCUT2D eigenvalue weighted by Crippen LogP contribution is 2.31. The molecule has 8 heteroatoms. The number of fused-ring (bicyclic) bond motifs is 1. The van der Waals surface area contributed by atoms with Crippen molar-refractivity contribution in [1.29, 1.82) is 0 Å². The number of ether oxygens (including phenoxy) is 3. The number of benzene rings is 2. The minimum Gasteiger partial charge on any atom is -0.493 e. The van der Waals surface area contributed by atoms with Gasteiger partial charge in [-0.25, -0.2) is 0 Å². The maximum absolute atomic E-state index is 12.9. The van der Waals surface area contributed by atoms with Crippen LogP contribution in [-0.4, -0.2) is 48.5 Å². The molecule has 0 radical (unpaired) electrons. The largest absolute Gasteiger partial charge is 0.493 e. The highest BCUT2D eigenvalue weighted by Gasteiger charge is 2.22. The lowest BCUT2D eigenvalue weighted by molar-refractivity contribution is 0.0904. The second-order valence-electron chi connectivity index (χ2n) is 7.73. The number of nitrogens with zero attached hydrogens (tertiary/aromatic N) is 1. The molecule has 168 valence electrons. The third kappa shape index (κ3) is 5.03. The number of methoxy groups -OCH3 is 2. The van der Waals surface area contributed by atoms with Crippen molar-refractivity contribution in [2.45, 2.75) is 25.5 Å². The SMILES string of the molecule is COc1cc2cc(CN(C[C@@H]3CCCO3)C(=S)Nc3ccccc3)c(=O)[nH]c2cc1OC. The van der Waals surface area contributed by atoms with E-state index in [2.05, 4.69) is 10.3 Å². The van der Waals surface area contributed by atoms with E-state index in [-0.39, 0.29) is 11.7 Å². The van der Waals surface area contributed by atoms with Crippen LogP contribution < -0.4 is 20.3 Å². The van der Waals surface area contributed by atoms with Gasteiger partial charge in [-0.2, -0.15) is 0 Å². The van der Waals surface area contributed by atoms with E-state index >= 15 is 0 Å². The van der Waals surface area contributed by atoms with Gasteiger partial charge in [0.05, 0.1) is 32.4 Å². The van der Waals surface area contributed by atoms with E-state index in [9.17, 15) is 4.79 Å². The van der Waals surface area contributed by atoms with Gasteiger partial charge in [-0.05, 0) is 49.3 Å². The summed E-state index contributed by atoms with van der Waals surface area (Å²) in [6, 6.07) is 15.3. The summed E-state index contributed by atoms with van der Waals surface area (Å²) in [5.74, 6) is 1.17. The van der Waals surface area contributed by atoms with Gasteiger partial charge in [-0.1, -0.05) is 18.2 Å². The van der Waals surface area contributed by atoms with Gasteiger partial charge in [0.1, 0.15) is 0 Å². The van der Waals surface area contributed by atoms with Gasteiger partial charge in [0, 0.05) is 35.9 Å². The van der Waals surface area contributed by atoms with E-state index < -0.39 is 0 Å². The summed E-state index contributed by atoms with van der Waals surface area (Å²) in [5.41, 5.74) is 2.04. The molecule has 0 aliphatic carbocycles. The Labute approximate surface area is 192 Å². The second-order valence-corrected chi connectivity index (χ2v) is 8.12. The number of anilines is 1. The summed E-state index contributed by atoms with van der Waals surface area (Å²) in [4.78, 5) is 17.8. The van der Waals surface area contributed by atoms with Crippen molar-refractivity contribution in [3.05, 3.63) is 64.4 Å². The van der Waals surface area contributed by atoms with Crippen molar-refractivity contribution in [3.8, 4) is 11.5 Å². The van der Waals surface area contributed by atoms with Crippen molar-refractivity contribution in [3.63, 3.8) is 0 Å². The number of rotatable bonds is 7. The summed E-state index contributed by atoms with van der Waals surface area (Å²) in [6.45, 7) is 1.73. The number of thiocarbonyl (C=S) groups is 1. The number of hydrogen-bond donors (Lipinski definition) is 2. The predicted octanol–water partition coefficient (Wildman–Crippen LogP) is 3.92. The molecule has 0 bridgehead atoms. The van der Waals surface area contributed by atoms with Crippen LogP contribution >= 0.6 is 12.2 Å². The first kappa shape index (κ1) is 22.1. The summed E-state index contributed by atoms with van der Waals surface area (Å²) >= 11 is 5.71. The first-order valence-electron chi connectivity index (χ1n) is 10.6. The fourth-order valence-electron chi connectivity index (χ4n) is 3.88. The average molecular weight is 454 g/mol. The molecule has 3 aromatic rings. The Balaban J connectivity index is 1.63. The minimum atomic E-state index is -0.162. The molecule has 2 N–H and O–H groups in total. The molecule has 1 aromatic heterocycles. The number of para-hydroxylation sites is 1. The smallest absolute Gasteiger partial charge is 0.253 e. The molecule has 1 saturated heterocycles. The second kappa shape index (κ2) is 10.0. The molecular formula is C24H27N3O4S. The summed E-state index contributed by atoms with van der Waals surface area (Å²) in [5, 5.41) is 4.69. The number of aromatic amines is 1. The molecule has 1 aliphatic heterocycles. The van der Waals surface area contributed by atoms with Gasteiger partial charge in [-0.15, -0.1) is 0 Å². The molecule has 1 fully saturated rings. The highest BCUT2D eigenvalue weighted by atomic mass is 32.1. The molecule has 4 rings (SSSR count). The van der Waals surface area contributed by atoms with E-state index in [4.69, 9.17) is 26.4 Å². The molecule has 7 nitrogen and oxygen atoms in total. The summed E-state index contributed by atoms with van der Waals surface area (Å²) < 4.78 is 16.6. The van der Waals surface area contributed by atoms with Crippen LogP contribution in [0, 0.1) is 0 Å². The van der Waals surface area contributed by atoms with E-state index in [0.29, 0.717) is 40.8 Å². The molecule has 1 atom stereocenters. The van der Waals surface area contributed by atoms with Crippen LogP contribution in [0.2, 0.25) is 0 Å². The Hall–Kier alpha value is -3.10. The van der Waals surface area contributed by atoms with Crippen LogP contribution in [-0.2, 0) is 11.3 Å². The Morgan fingerprint density at radius 2 is 1.94 bits per heavy atom. The maximum atomic E-state index is 12.9. The molecule has 0 amide bonds. The molecule has 0 unspecified atom stereocenters. The Morgan fingerprint density at radius 3 is 2.62 bits per heavy atom. The third-order valence-electron chi connectivity index (χ3n) is 5.55. The number of H-pyrrole nitrogens is 1. The zero-order valence-corrected chi connectivity index (χ0v) is 19.0. The molecule has 2 heterocycles. The van der Waals surface area contributed by atoms with E-state index in [1.807, 2.05) is 47.4 Å². The monoisotopic (exact) mass is 453 g/mol. The number of nitrogens with one attached hydrogen (secondary N) is 2. The van der Waals surface area contributed by atoms with Crippen molar-refractivity contribution < 1.29 is 14.2 Å². The first-order chi connectivity index (χ1) is 15.6. The van der Waals surface area contributed by atoms with Gasteiger partial charge in [-0.3, -0.25) is 4.79 Å². The van der Waals surface area contributed by atoms with E-state index in [1.54, 1.807) is 20.3 Å². The lowest BCUT2D eigenvalue weighted by Gasteiger charge is -2.28. The van der Waals surface area contributed by atoms with Gasteiger partial charge >= 0.3 is 0 Å². The summed E-state index contributed by atoms with van der Waals surface area (Å²) in [7, 11) is 3.16.